The molecule has 1 amide bonds. The van der Waals surface area contributed by atoms with Gasteiger partial charge in [-0.15, -0.1) is 0 Å². The monoisotopic (exact) mass is 290 g/mol. The third kappa shape index (κ3) is 3.23. The van der Waals surface area contributed by atoms with Crippen molar-refractivity contribution >= 4 is 11.9 Å². The molecule has 5 heteroatoms. The summed E-state index contributed by atoms with van der Waals surface area (Å²) in [5.41, 5.74) is 0.650. The van der Waals surface area contributed by atoms with Crippen LogP contribution in [0.2, 0.25) is 0 Å². The average molecular weight is 290 g/mol. The van der Waals surface area contributed by atoms with Crippen LogP contribution in [0.15, 0.2) is 18.3 Å². The summed E-state index contributed by atoms with van der Waals surface area (Å²) in [4.78, 5) is 29.8. The Labute approximate surface area is 125 Å². The predicted octanol–water partition coefficient (Wildman–Crippen LogP) is 2.64. The highest BCUT2D eigenvalue weighted by Gasteiger charge is 2.41. The van der Waals surface area contributed by atoms with Crippen LogP contribution in [0.5, 0.6) is 0 Å². The molecule has 1 aromatic heterocycles. The maximum absolute atomic E-state index is 12.7. The number of carbonyl (C=O) groups is 2. The summed E-state index contributed by atoms with van der Waals surface area (Å²) in [5, 5.41) is 9.23. The Balaban J connectivity index is 2.29. The standard InChI is InChI=1S/C16H22N2O3/c1-12-7-6-10-17-14(12)15(21)18(2)16(11-13(19)20)8-4-3-5-9-16/h6-7,10H,3-5,8-9,11H2,1-2H3,(H,19,20). The lowest BCUT2D eigenvalue weighted by atomic mass is 9.78. The van der Waals surface area contributed by atoms with E-state index in [0.717, 1.165) is 37.7 Å². The highest BCUT2D eigenvalue weighted by atomic mass is 16.4. The minimum atomic E-state index is -0.853. The predicted molar refractivity (Wildman–Crippen MR) is 79.1 cm³/mol. The van der Waals surface area contributed by atoms with Gasteiger partial charge >= 0.3 is 5.97 Å². The summed E-state index contributed by atoms with van der Waals surface area (Å²) in [6.45, 7) is 1.85. The molecular weight excluding hydrogens is 268 g/mol. The molecule has 1 saturated carbocycles. The van der Waals surface area contributed by atoms with E-state index in [-0.39, 0.29) is 12.3 Å². The summed E-state index contributed by atoms with van der Waals surface area (Å²) in [5.74, 6) is -1.04. The normalized spacial score (nSPS) is 17.2. The molecule has 1 fully saturated rings. The zero-order chi connectivity index (χ0) is 15.5. The van der Waals surface area contributed by atoms with Gasteiger partial charge in [0.1, 0.15) is 5.69 Å². The maximum Gasteiger partial charge on any atom is 0.305 e. The number of rotatable bonds is 4. The molecule has 0 aliphatic heterocycles. The lowest BCUT2D eigenvalue weighted by Gasteiger charge is -2.43. The Kier molecular flexibility index (Phi) is 4.60. The van der Waals surface area contributed by atoms with Gasteiger partial charge in [-0.3, -0.25) is 14.6 Å². The minimum absolute atomic E-state index is 0.00111. The number of carboxylic acids is 1. The van der Waals surface area contributed by atoms with E-state index in [1.54, 1.807) is 24.2 Å². The summed E-state index contributed by atoms with van der Waals surface area (Å²) in [6.07, 6.45) is 6.12. The lowest BCUT2D eigenvalue weighted by Crippen LogP contribution is -2.52. The highest BCUT2D eigenvalue weighted by Crippen LogP contribution is 2.36. The van der Waals surface area contributed by atoms with Gasteiger partial charge in [0.05, 0.1) is 12.0 Å². The number of hydrogen-bond donors (Lipinski definition) is 1. The molecule has 1 aliphatic rings. The Bertz CT molecular complexity index is 536. The summed E-state index contributed by atoms with van der Waals surface area (Å²) in [7, 11) is 1.71. The van der Waals surface area contributed by atoms with Gasteiger partial charge in [-0.1, -0.05) is 25.3 Å². The Morgan fingerprint density at radius 3 is 2.57 bits per heavy atom. The van der Waals surface area contributed by atoms with Gasteiger partial charge in [0.15, 0.2) is 0 Å². The highest BCUT2D eigenvalue weighted by molar-refractivity contribution is 5.94. The molecule has 0 radical (unpaired) electrons. The van der Waals surface area contributed by atoms with Crippen molar-refractivity contribution in [1.29, 1.82) is 0 Å². The van der Waals surface area contributed by atoms with Gasteiger partial charge in [0.25, 0.3) is 5.91 Å². The van der Waals surface area contributed by atoms with Crippen LogP contribution in [0.1, 0.15) is 54.6 Å². The first-order chi connectivity index (χ1) is 9.96. The van der Waals surface area contributed by atoms with Crippen LogP contribution in [0.25, 0.3) is 0 Å². The van der Waals surface area contributed by atoms with Crippen molar-refractivity contribution in [1.82, 2.24) is 9.88 Å². The summed E-state index contributed by atoms with van der Waals surface area (Å²) < 4.78 is 0. The molecule has 1 aliphatic carbocycles. The Hall–Kier alpha value is -1.91. The molecule has 0 aromatic carbocycles. The molecule has 0 saturated heterocycles. The van der Waals surface area contributed by atoms with Crippen molar-refractivity contribution in [2.75, 3.05) is 7.05 Å². The van der Waals surface area contributed by atoms with E-state index in [2.05, 4.69) is 4.98 Å². The van der Waals surface area contributed by atoms with Gasteiger partial charge in [0, 0.05) is 13.2 Å². The van der Waals surface area contributed by atoms with E-state index < -0.39 is 11.5 Å². The third-order valence-electron chi connectivity index (χ3n) is 4.49. The van der Waals surface area contributed by atoms with E-state index in [4.69, 9.17) is 0 Å². The third-order valence-corrected chi connectivity index (χ3v) is 4.49. The smallest absolute Gasteiger partial charge is 0.305 e. The molecule has 5 nitrogen and oxygen atoms in total. The maximum atomic E-state index is 12.7. The number of aryl methyl sites for hydroxylation is 1. The van der Waals surface area contributed by atoms with E-state index in [0.29, 0.717) is 5.69 Å². The molecule has 0 atom stereocenters. The number of carbonyl (C=O) groups excluding carboxylic acids is 1. The summed E-state index contributed by atoms with van der Waals surface area (Å²) in [6, 6.07) is 3.64. The number of carboxylic acid groups (broad SMARTS) is 1. The molecule has 0 unspecified atom stereocenters. The van der Waals surface area contributed by atoms with Crippen molar-refractivity contribution in [3.05, 3.63) is 29.6 Å². The van der Waals surface area contributed by atoms with E-state index in [1.165, 1.54) is 0 Å². The van der Waals surface area contributed by atoms with Crippen molar-refractivity contribution in [3.8, 4) is 0 Å². The molecule has 0 bridgehead atoms. The van der Waals surface area contributed by atoms with Gasteiger partial charge < -0.3 is 10.0 Å². The molecule has 21 heavy (non-hydrogen) atoms. The van der Waals surface area contributed by atoms with Crippen LogP contribution in [0.4, 0.5) is 0 Å². The van der Waals surface area contributed by atoms with Gasteiger partial charge in [-0.2, -0.15) is 0 Å². The SMILES string of the molecule is Cc1cccnc1C(=O)N(C)C1(CC(=O)O)CCCCC1. The number of aliphatic carboxylic acids is 1. The van der Waals surface area contributed by atoms with Gasteiger partial charge in [-0.05, 0) is 31.4 Å². The van der Waals surface area contributed by atoms with Crippen molar-refractivity contribution < 1.29 is 14.7 Å². The Morgan fingerprint density at radius 1 is 1.33 bits per heavy atom. The molecule has 1 aromatic rings. The van der Waals surface area contributed by atoms with Crippen molar-refractivity contribution in [3.63, 3.8) is 0 Å². The first-order valence-electron chi connectivity index (χ1n) is 7.38. The van der Waals surface area contributed by atoms with Gasteiger partial charge in [0.2, 0.25) is 0 Å². The van der Waals surface area contributed by atoms with Crippen LogP contribution in [0.3, 0.4) is 0 Å². The minimum Gasteiger partial charge on any atom is -0.481 e. The number of nitrogens with zero attached hydrogens (tertiary/aromatic N) is 2. The molecular formula is C16H22N2O3. The fourth-order valence-electron chi connectivity index (χ4n) is 3.21. The number of aromatic nitrogens is 1. The topological polar surface area (TPSA) is 70.5 Å². The first-order valence-corrected chi connectivity index (χ1v) is 7.38. The van der Waals surface area contributed by atoms with Crippen LogP contribution in [-0.4, -0.2) is 39.5 Å². The molecule has 1 N–H and O–H groups in total. The van der Waals surface area contributed by atoms with E-state index in [1.807, 2.05) is 13.0 Å². The van der Waals surface area contributed by atoms with Crippen LogP contribution in [0, 0.1) is 6.92 Å². The average Bonchev–Trinajstić information content (AvgIpc) is 2.46. The van der Waals surface area contributed by atoms with E-state index >= 15 is 0 Å². The fourth-order valence-corrected chi connectivity index (χ4v) is 3.21. The molecule has 1 heterocycles. The number of amides is 1. The quantitative estimate of drug-likeness (QED) is 0.925. The summed E-state index contributed by atoms with van der Waals surface area (Å²) >= 11 is 0. The lowest BCUT2D eigenvalue weighted by molar-refractivity contribution is -0.140. The van der Waals surface area contributed by atoms with Gasteiger partial charge in [-0.25, -0.2) is 0 Å². The van der Waals surface area contributed by atoms with Crippen molar-refractivity contribution in [2.45, 2.75) is 51.0 Å². The first kappa shape index (κ1) is 15.5. The van der Waals surface area contributed by atoms with E-state index in [9.17, 15) is 14.7 Å². The van der Waals surface area contributed by atoms with Crippen molar-refractivity contribution in [2.24, 2.45) is 0 Å². The zero-order valence-corrected chi connectivity index (χ0v) is 12.6. The van der Waals surface area contributed by atoms with Crippen LogP contribution < -0.4 is 0 Å². The largest absolute Gasteiger partial charge is 0.481 e. The number of hydrogen-bond acceptors (Lipinski definition) is 3. The zero-order valence-electron chi connectivity index (χ0n) is 12.6. The molecule has 2 rings (SSSR count). The Morgan fingerprint density at radius 2 is 2.00 bits per heavy atom. The second-order valence-corrected chi connectivity index (χ2v) is 5.89. The second kappa shape index (κ2) is 6.24. The molecule has 0 spiro atoms. The number of pyridine rings is 1. The van der Waals surface area contributed by atoms with Crippen LogP contribution >= 0.6 is 0 Å². The fraction of sp³-hybridized carbons (Fsp3) is 0.562. The van der Waals surface area contributed by atoms with Crippen LogP contribution in [-0.2, 0) is 4.79 Å². The second-order valence-electron chi connectivity index (χ2n) is 5.89. The molecule has 114 valence electrons.